The average molecular weight is 374 g/mol. The number of benzene rings is 1. The van der Waals surface area contributed by atoms with Gasteiger partial charge in [-0.25, -0.2) is 4.79 Å². The van der Waals surface area contributed by atoms with E-state index < -0.39 is 30.4 Å². The Balaban J connectivity index is 1.59. The average Bonchev–Trinajstić information content (AvgIpc) is 2.89. The minimum atomic E-state index is -1.12. The minimum Gasteiger partial charge on any atom is -0.454 e. The third-order valence-electron chi connectivity index (χ3n) is 4.66. The number of morpholine rings is 1. The smallest absolute Gasteiger partial charge is 0.329 e. The lowest BCUT2D eigenvalue weighted by atomic mass is 10.1. The van der Waals surface area contributed by atoms with Crippen LogP contribution in [0.15, 0.2) is 24.3 Å². The predicted octanol–water partition coefficient (Wildman–Crippen LogP) is 0.850. The van der Waals surface area contributed by atoms with Crippen molar-refractivity contribution < 1.29 is 28.7 Å². The van der Waals surface area contributed by atoms with Gasteiger partial charge in [0, 0.05) is 13.1 Å². The Labute approximate surface area is 157 Å². The van der Waals surface area contributed by atoms with E-state index in [2.05, 4.69) is 0 Å². The van der Waals surface area contributed by atoms with Crippen LogP contribution in [0, 0.1) is 0 Å². The number of amides is 3. The van der Waals surface area contributed by atoms with Gasteiger partial charge in [-0.05, 0) is 32.9 Å². The molecule has 0 spiro atoms. The van der Waals surface area contributed by atoms with Crippen molar-refractivity contribution in [1.29, 1.82) is 0 Å². The van der Waals surface area contributed by atoms with Crippen molar-refractivity contribution in [3.8, 4) is 0 Å². The molecular weight excluding hydrogens is 352 g/mol. The van der Waals surface area contributed by atoms with Crippen LogP contribution in [0.3, 0.4) is 0 Å². The number of fused-ring (bicyclic) bond motifs is 1. The molecule has 2 heterocycles. The zero-order valence-corrected chi connectivity index (χ0v) is 15.5. The first kappa shape index (κ1) is 19.0. The summed E-state index contributed by atoms with van der Waals surface area (Å²) in [5, 5.41) is 0. The van der Waals surface area contributed by atoms with E-state index in [1.165, 1.54) is 19.1 Å². The van der Waals surface area contributed by atoms with Crippen LogP contribution < -0.4 is 0 Å². The second-order valence-corrected chi connectivity index (χ2v) is 6.87. The number of hydrogen-bond donors (Lipinski definition) is 0. The summed E-state index contributed by atoms with van der Waals surface area (Å²) in [4.78, 5) is 51.9. The topological polar surface area (TPSA) is 93.2 Å². The van der Waals surface area contributed by atoms with Crippen LogP contribution in [0.25, 0.3) is 0 Å². The van der Waals surface area contributed by atoms with Gasteiger partial charge in [0.15, 0.2) is 6.61 Å². The van der Waals surface area contributed by atoms with Gasteiger partial charge in [0.25, 0.3) is 17.7 Å². The maximum Gasteiger partial charge on any atom is 0.329 e. The van der Waals surface area contributed by atoms with Crippen molar-refractivity contribution >= 4 is 23.7 Å². The quantitative estimate of drug-likeness (QED) is 0.573. The Morgan fingerprint density at radius 1 is 1.11 bits per heavy atom. The highest BCUT2D eigenvalue weighted by Crippen LogP contribution is 2.24. The van der Waals surface area contributed by atoms with Crippen molar-refractivity contribution in [3.05, 3.63) is 35.4 Å². The van der Waals surface area contributed by atoms with E-state index in [-0.39, 0.29) is 29.2 Å². The molecule has 1 saturated heterocycles. The van der Waals surface area contributed by atoms with Crippen LogP contribution in [0.4, 0.5) is 0 Å². The Bertz CT molecular complexity index is 747. The molecule has 2 aliphatic heterocycles. The summed E-state index contributed by atoms with van der Waals surface area (Å²) in [6, 6.07) is 5.27. The first-order valence-electron chi connectivity index (χ1n) is 8.86. The molecule has 8 nitrogen and oxygen atoms in total. The SMILES string of the molecule is C[C@H](C(=O)OCC(=O)N1C[C@H](C)O[C@@H](C)C1)N1C(=O)c2ccccc2C1=O. The van der Waals surface area contributed by atoms with E-state index in [0.717, 1.165) is 4.90 Å². The number of carbonyl (C=O) groups excluding carboxylic acids is 4. The molecular formula is C19H22N2O6. The van der Waals surface area contributed by atoms with E-state index in [0.29, 0.717) is 13.1 Å². The van der Waals surface area contributed by atoms with Crippen molar-refractivity contribution in [2.24, 2.45) is 0 Å². The molecule has 1 aromatic rings. The number of carbonyl (C=O) groups is 4. The normalized spacial score (nSPS) is 23.2. The third-order valence-corrected chi connectivity index (χ3v) is 4.66. The fourth-order valence-corrected chi connectivity index (χ4v) is 3.39. The lowest BCUT2D eigenvalue weighted by Gasteiger charge is -2.35. The molecule has 0 radical (unpaired) electrons. The largest absolute Gasteiger partial charge is 0.454 e. The number of nitrogens with zero attached hydrogens (tertiary/aromatic N) is 2. The number of esters is 1. The van der Waals surface area contributed by atoms with E-state index >= 15 is 0 Å². The maximum atomic E-state index is 12.4. The predicted molar refractivity (Wildman–Crippen MR) is 94.0 cm³/mol. The molecule has 1 aromatic carbocycles. The molecule has 0 unspecified atom stereocenters. The standard InChI is InChI=1S/C19H22N2O6/c1-11-8-20(9-12(2)27-11)16(22)10-26-19(25)13(3)21-17(23)14-6-4-5-7-15(14)18(21)24/h4-7,11-13H,8-10H2,1-3H3/t11-,12-,13+/m0/s1. The van der Waals surface area contributed by atoms with Gasteiger partial charge in [-0.3, -0.25) is 19.3 Å². The molecule has 0 saturated carbocycles. The summed E-state index contributed by atoms with van der Waals surface area (Å²) >= 11 is 0. The maximum absolute atomic E-state index is 12.4. The Hall–Kier alpha value is -2.74. The Kier molecular flexibility index (Phi) is 5.27. The summed E-state index contributed by atoms with van der Waals surface area (Å²) in [5.74, 6) is -2.21. The highest BCUT2D eigenvalue weighted by molar-refractivity contribution is 6.22. The lowest BCUT2D eigenvalue weighted by Crippen LogP contribution is -2.50. The second kappa shape index (κ2) is 7.48. The number of ether oxygens (including phenoxy) is 2. The van der Waals surface area contributed by atoms with Crippen LogP contribution in [0.5, 0.6) is 0 Å². The summed E-state index contributed by atoms with van der Waals surface area (Å²) in [6.45, 7) is 5.56. The second-order valence-electron chi connectivity index (χ2n) is 6.87. The molecule has 2 aliphatic rings. The zero-order chi connectivity index (χ0) is 19.7. The number of hydrogen-bond acceptors (Lipinski definition) is 6. The van der Waals surface area contributed by atoms with Crippen molar-refractivity contribution in [1.82, 2.24) is 9.80 Å². The van der Waals surface area contributed by atoms with Gasteiger partial charge in [0.1, 0.15) is 6.04 Å². The summed E-state index contributed by atoms with van der Waals surface area (Å²) < 4.78 is 10.6. The number of rotatable bonds is 4. The molecule has 0 aliphatic carbocycles. The molecule has 0 aromatic heterocycles. The molecule has 27 heavy (non-hydrogen) atoms. The zero-order valence-electron chi connectivity index (χ0n) is 15.5. The van der Waals surface area contributed by atoms with E-state index in [4.69, 9.17) is 9.47 Å². The van der Waals surface area contributed by atoms with Gasteiger partial charge in [0.05, 0.1) is 23.3 Å². The van der Waals surface area contributed by atoms with E-state index in [1.54, 1.807) is 17.0 Å². The van der Waals surface area contributed by atoms with Crippen molar-refractivity contribution in [3.63, 3.8) is 0 Å². The van der Waals surface area contributed by atoms with Crippen molar-refractivity contribution in [2.45, 2.75) is 39.0 Å². The molecule has 144 valence electrons. The Morgan fingerprint density at radius 3 is 2.15 bits per heavy atom. The molecule has 0 N–H and O–H groups in total. The van der Waals surface area contributed by atoms with Crippen LogP contribution in [0.1, 0.15) is 41.5 Å². The van der Waals surface area contributed by atoms with Gasteiger partial charge in [0.2, 0.25) is 0 Å². The first-order chi connectivity index (χ1) is 12.8. The van der Waals surface area contributed by atoms with Gasteiger partial charge >= 0.3 is 5.97 Å². The third kappa shape index (κ3) is 3.71. The van der Waals surface area contributed by atoms with Crippen LogP contribution >= 0.6 is 0 Å². The molecule has 3 rings (SSSR count). The molecule has 1 fully saturated rings. The van der Waals surface area contributed by atoms with Crippen molar-refractivity contribution in [2.75, 3.05) is 19.7 Å². The molecule has 3 atom stereocenters. The highest BCUT2D eigenvalue weighted by atomic mass is 16.5. The minimum absolute atomic E-state index is 0.0920. The van der Waals surface area contributed by atoms with E-state index in [1.807, 2.05) is 13.8 Å². The fraction of sp³-hybridized carbons (Fsp3) is 0.474. The monoisotopic (exact) mass is 374 g/mol. The number of imide groups is 1. The van der Waals surface area contributed by atoms with Crippen LogP contribution in [-0.2, 0) is 19.1 Å². The van der Waals surface area contributed by atoms with Crippen LogP contribution in [-0.4, -0.2) is 71.4 Å². The van der Waals surface area contributed by atoms with Gasteiger partial charge < -0.3 is 14.4 Å². The molecule has 3 amide bonds. The fourth-order valence-electron chi connectivity index (χ4n) is 3.39. The summed E-state index contributed by atoms with van der Waals surface area (Å²) in [6.07, 6.45) is -0.184. The molecule has 0 bridgehead atoms. The highest BCUT2D eigenvalue weighted by Gasteiger charge is 2.41. The lowest BCUT2D eigenvalue weighted by molar-refractivity contribution is -0.159. The van der Waals surface area contributed by atoms with Gasteiger partial charge in [-0.1, -0.05) is 12.1 Å². The van der Waals surface area contributed by atoms with Gasteiger partial charge in [-0.2, -0.15) is 0 Å². The summed E-state index contributed by atoms with van der Waals surface area (Å²) in [7, 11) is 0. The van der Waals surface area contributed by atoms with E-state index in [9.17, 15) is 19.2 Å². The van der Waals surface area contributed by atoms with Crippen LogP contribution in [0.2, 0.25) is 0 Å². The van der Waals surface area contributed by atoms with Gasteiger partial charge in [-0.15, -0.1) is 0 Å². The first-order valence-corrected chi connectivity index (χ1v) is 8.86. The molecule has 8 heteroatoms. The summed E-state index contributed by atoms with van der Waals surface area (Å²) in [5.41, 5.74) is 0.518. The Morgan fingerprint density at radius 2 is 1.63 bits per heavy atom.